The molecule has 0 aliphatic rings. The zero-order chi connectivity index (χ0) is 14.4. The summed E-state index contributed by atoms with van der Waals surface area (Å²) >= 11 is 1.53. The van der Waals surface area contributed by atoms with Gasteiger partial charge in [0.15, 0.2) is 5.65 Å². The van der Waals surface area contributed by atoms with Crippen LogP contribution in [0.1, 0.15) is 5.56 Å². The topological polar surface area (TPSA) is 65.6 Å². The first-order valence-corrected chi connectivity index (χ1v) is 7.30. The monoisotopic (exact) mass is 297 g/mol. The van der Waals surface area contributed by atoms with Gasteiger partial charge in [-0.2, -0.15) is 5.10 Å². The van der Waals surface area contributed by atoms with Gasteiger partial charge in [-0.05, 0) is 11.6 Å². The Morgan fingerprint density at radius 1 is 1.33 bits per heavy atom. The minimum absolute atomic E-state index is 0.107. The Morgan fingerprint density at radius 3 is 3.05 bits per heavy atom. The highest BCUT2D eigenvalue weighted by Crippen LogP contribution is 2.27. The second-order valence-corrected chi connectivity index (χ2v) is 5.65. The quantitative estimate of drug-likeness (QED) is 0.566. The Hall–Kier alpha value is -2.54. The minimum atomic E-state index is -0.107. The third kappa shape index (κ3) is 1.78. The third-order valence-electron chi connectivity index (χ3n) is 3.52. The lowest BCUT2D eigenvalue weighted by Crippen LogP contribution is -2.24. The van der Waals surface area contributed by atoms with Crippen molar-refractivity contribution < 1.29 is 0 Å². The van der Waals surface area contributed by atoms with Crippen molar-refractivity contribution >= 4 is 32.6 Å². The molecule has 0 saturated heterocycles. The molecule has 0 aromatic carbocycles. The van der Waals surface area contributed by atoms with Crippen LogP contribution in [-0.2, 0) is 13.6 Å². The Labute approximate surface area is 123 Å². The van der Waals surface area contributed by atoms with Gasteiger partial charge in [0.05, 0.1) is 23.0 Å². The van der Waals surface area contributed by atoms with Crippen molar-refractivity contribution in [2.24, 2.45) is 7.05 Å². The molecule has 0 bridgehead atoms. The van der Waals surface area contributed by atoms with Gasteiger partial charge in [-0.3, -0.25) is 9.78 Å². The highest BCUT2D eigenvalue weighted by Gasteiger charge is 2.15. The molecule has 21 heavy (non-hydrogen) atoms. The average molecular weight is 297 g/mol. The van der Waals surface area contributed by atoms with E-state index in [-0.39, 0.29) is 5.56 Å². The lowest BCUT2D eigenvalue weighted by molar-refractivity contribution is 0.642. The van der Waals surface area contributed by atoms with Crippen LogP contribution in [0, 0.1) is 0 Å². The van der Waals surface area contributed by atoms with E-state index >= 15 is 0 Å². The number of rotatable bonds is 2. The maximum atomic E-state index is 12.7. The van der Waals surface area contributed by atoms with Gasteiger partial charge < -0.3 is 4.57 Å². The molecular weight excluding hydrogens is 286 g/mol. The maximum absolute atomic E-state index is 12.7. The lowest BCUT2D eigenvalue weighted by Gasteiger charge is -2.05. The van der Waals surface area contributed by atoms with E-state index in [0.29, 0.717) is 12.1 Å². The third-order valence-corrected chi connectivity index (χ3v) is 4.37. The molecule has 4 aromatic rings. The maximum Gasteiger partial charge on any atom is 0.291 e. The zero-order valence-corrected chi connectivity index (χ0v) is 12.0. The molecule has 0 saturated carbocycles. The second-order valence-electron chi connectivity index (χ2n) is 4.80. The molecular formula is C14H11N5OS. The number of aryl methyl sites for hydroxylation is 1. The molecule has 4 aromatic heterocycles. The Balaban J connectivity index is 1.94. The van der Waals surface area contributed by atoms with E-state index in [1.54, 1.807) is 24.1 Å². The minimum Gasteiger partial charge on any atom is -0.323 e. The molecule has 0 aliphatic heterocycles. The van der Waals surface area contributed by atoms with Gasteiger partial charge in [-0.25, -0.2) is 9.67 Å². The number of thiazole rings is 1. The van der Waals surface area contributed by atoms with Crippen LogP contribution in [0.2, 0.25) is 0 Å². The van der Waals surface area contributed by atoms with Crippen LogP contribution < -0.4 is 5.56 Å². The first kappa shape index (κ1) is 12.2. The average Bonchev–Trinajstić information content (AvgIpc) is 3.07. The molecule has 7 heteroatoms. The Morgan fingerprint density at radius 2 is 2.24 bits per heavy atom. The molecule has 6 nitrogen and oxygen atoms in total. The fourth-order valence-corrected chi connectivity index (χ4v) is 3.34. The van der Waals surface area contributed by atoms with Crippen molar-refractivity contribution in [1.82, 2.24) is 24.3 Å². The van der Waals surface area contributed by atoms with E-state index in [2.05, 4.69) is 15.1 Å². The van der Waals surface area contributed by atoms with Crippen molar-refractivity contribution in [1.29, 1.82) is 0 Å². The van der Waals surface area contributed by atoms with Crippen molar-refractivity contribution in [3.63, 3.8) is 0 Å². The predicted molar refractivity (Wildman–Crippen MR) is 81.5 cm³/mol. The van der Waals surface area contributed by atoms with Crippen LogP contribution in [-0.4, -0.2) is 24.3 Å². The van der Waals surface area contributed by atoms with Gasteiger partial charge >= 0.3 is 0 Å². The number of pyridine rings is 1. The summed E-state index contributed by atoms with van der Waals surface area (Å²) in [6.07, 6.45) is 5.19. The van der Waals surface area contributed by atoms with Crippen molar-refractivity contribution in [3.05, 3.63) is 52.2 Å². The van der Waals surface area contributed by atoms with Crippen LogP contribution in [0.3, 0.4) is 0 Å². The fraction of sp³-hybridized carbons (Fsp3) is 0.143. The summed E-state index contributed by atoms with van der Waals surface area (Å²) in [5, 5.41) is 5.15. The van der Waals surface area contributed by atoms with Gasteiger partial charge in [0.2, 0.25) is 0 Å². The van der Waals surface area contributed by atoms with Gasteiger partial charge in [0, 0.05) is 24.8 Å². The molecule has 0 amide bonds. The van der Waals surface area contributed by atoms with Crippen LogP contribution in [0.15, 0.2) is 41.0 Å². The number of hydrogen-bond acceptors (Lipinski definition) is 5. The lowest BCUT2D eigenvalue weighted by atomic mass is 10.3. The number of hydrogen-bond donors (Lipinski definition) is 0. The van der Waals surface area contributed by atoms with E-state index in [4.69, 9.17) is 0 Å². The molecule has 0 atom stereocenters. The van der Waals surface area contributed by atoms with Gasteiger partial charge in [-0.15, -0.1) is 11.3 Å². The van der Waals surface area contributed by atoms with Crippen LogP contribution >= 0.6 is 11.3 Å². The number of aromatic nitrogens is 5. The van der Waals surface area contributed by atoms with Crippen molar-refractivity contribution in [2.75, 3.05) is 0 Å². The van der Waals surface area contributed by atoms with Gasteiger partial charge in [0.1, 0.15) is 5.52 Å². The number of nitrogens with zero attached hydrogens (tertiary/aromatic N) is 5. The van der Waals surface area contributed by atoms with Gasteiger partial charge in [0.25, 0.3) is 5.56 Å². The van der Waals surface area contributed by atoms with Crippen molar-refractivity contribution in [3.8, 4) is 0 Å². The summed E-state index contributed by atoms with van der Waals surface area (Å²) in [7, 11) is 1.86. The van der Waals surface area contributed by atoms with Gasteiger partial charge in [-0.1, -0.05) is 6.07 Å². The Bertz CT molecular complexity index is 999. The summed E-state index contributed by atoms with van der Waals surface area (Å²) in [4.78, 5) is 21.0. The summed E-state index contributed by atoms with van der Waals surface area (Å²) in [6.45, 7) is 0.412. The van der Waals surface area contributed by atoms with Crippen molar-refractivity contribution in [2.45, 2.75) is 6.54 Å². The van der Waals surface area contributed by atoms with Crippen LogP contribution in [0.25, 0.3) is 21.3 Å². The van der Waals surface area contributed by atoms with Crippen LogP contribution in [0.4, 0.5) is 0 Å². The predicted octanol–water partition coefficient (Wildman–Crippen LogP) is 1.79. The van der Waals surface area contributed by atoms with Crippen LogP contribution in [0.5, 0.6) is 0 Å². The fourth-order valence-electron chi connectivity index (χ4n) is 2.52. The summed E-state index contributed by atoms with van der Waals surface area (Å²) in [6, 6.07) is 3.78. The summed E-state index contributed by atoms with van der Waals surface area (Å²) < 4.78 is 4.30. The first-order chi connectivity index (χ1) is 10.3. The van der Waals surface area contributed by atoms with E-state index in [0.717, 1.165) is 21.3 Å². The highest BCUT2D eigenvalue weighted by molar-refractivity contribution is 7.17. The molecule has 104 valence electrons. The number of fused-ring (bicyclic) bond motifs is 3. The molecule has 0 fully saturated rings. The molecule has 0 unspecified atom stereocenters. The van der Waals surface area contributed by atoms with E-state index in [9.17, 15) is 4.79 Å². The molecule has 0 N–H and O–H groups in total. The summed E-state index contributed by atoms with van der Waals surface area (Å²) in [5.74, 6) is 0. The summed E-state index contributed by atoms with van der Waals surface area (Å²) in [5.41, 5.74) is 4.09. The van der Waals surface area contributed by atoms with E-state index < -0.39 is 0 Å². The molecule has 4 heterocycles. The molecule has 0 radical (unpaired) electrons. The standard InChI is InChI=1S/C14H11N5OS/c1-18-11-10(12-13(18)16-8-21-12)6-17-19(14(11)20)7-9-3-2-4-15-5-9/h2-6,8H,7H2,1H3. The Kier molecular flexibility index (Phi) is 2.61. The smallest absolute Gasteiger partial charge is 0.291 e. The van der Waals surface area contributed by atoms with E-state index in [1.807, 2.05) is 23.7 Å². The molecule has 0 aliphatic carbocycles. The molecule has 4 rings (SSSR count). The first-order valence-electron chi connectivity index (χ1n) is 6.42. The zero-order valence-electron chi connectivity index (χ0n) is 11.2. The second kappa shape index (κ2) is 4.49. The highest BCUT2D eigenvalue weighted by atomic mass is 32.1. The molecule has 0 spiro atoms. The SMILES string of the molecule is Cn1c2ncsc2c2cnn(Cc3cccnc3)c(=O)c21. The largest absolute Gasteiger partial charge is 0.323 e. The van der Waals surface area contributed by atoms with E-state index in [1.165, 1.54) is 16.0 Å². The normalized spacial score (nSPS) is 11.5.